The number of pyridine rings is 2. The highest BCUT2D eigenvalue weighted by atomic mass is 32.1. The standard InChI is InChI=1S/C22H19N5O3S/c1-27(2)22-26-19(14-6-4-3-5-7-14)21(31-22)30-16-10-11-23-18(12-16)25-17-9-8-15(13-24-17)20(28)29/h3-13H,1-2H3,(H,28,29)(H,23,24,25). The fourth-order valence-electron chi connectivity index (χ4n) is 2.71. The first-order chi connectivity index (χ1) is 15.0. The molecule has 0 saturated heterocycles. The highest BCUT2D eigenvalue weighted by molar-refractivity contribution is 7.17. The lowest BCUT2D eigenvalue weighted by Crippen LogP contribution is -2.07. The van der Waals surface area contributed by atoms with Gasteiger partial charge in [0, 0.05) is 38.1 Å². The number of nitrogens with one attached hydrogen (secondary N) is 1. The number of nitrogens with zero attached hydrogens (tertiary/aromatic N) is 4. The molecule has 0 radical (unpaired) electrons. The maximum Gasteiger partial charge on any atom is 0.337 e. The maximum absolute atomic E-state index is 11.0. The van der Waals surface area contributed by atoms with E-state index in [1.165, 1.54) is 23.6 Å². The number of aromatic nitrogens is 3. The molecule has 0 bridgehead atoms. The van der Waals surface area contributed by atoms with Gasteiger partial charge in [-0.1, -0.05) is 41.7 Å². The van der Waals surface area contributed by atoms with Gasteiger partial charge in [-0.3, -0.25) is 0 Å². The Balaban J connectivity index is 1.58. The molecular weight excluding hydrogens is 414 g/mol. The lowest BCUT2D eigenvalue weighted by Gasteiger charge is -2.08. The molecule has 9 heteroatoms. The summed E-state index contributed by atoms with van der Waals surface area (Å²) >= 11 is 1.46. The van der Waals surface area contributed by atoms with E-state index in [9.17, 15) is 4.79 Å². The molecule has 156 valence electrons. The molecule has 0 aliphatic heterocycles. The number of benzene rings is 1. The van der Waals surface area contributed by atoms with E-state index in [-0.39, 0.29) is 5.56 Å². The van der Waals surface area contributed by atoms with Crippen LogP contribution in [0, 0.1) is 0 Å². The number of ether oxygens (including phenoxy) is 1. The summed E-state index contributed by atoms with van der Waals surface area (Å²) in [5.74, 6) is 0.563. The van der Waals surface area contributed by atoms with Gasteiger partial charge in [0.05, 0.1) is 5.56 Å². The highest BCUT2D eigenvalue weighted by Gasteiger charge is 2.17. The van der Waals surface area contributed by atoms with Crippen LogP contribution in [0.1, 0.15) is 10.4 Å². The number of hydrogen-bond donors (Lipinski definition) is 2. The second-order valence-corrected chi connectivity index (χ2v) is 7.67. The third-order valence-electron chi connectivity index (χ3n) is 4.22. The molecule has 2 N–H and O–H groups in total. The Morgan fingerprint density at radius 2 is 1.87 bits per heavy atom. The first-order valence-electron chi connectivity index (χ1n) is 9.33. The van der Waals surface area contributed by atoms with Crippen molar-refractivity contribution in [1.29, 1.82) is 0 Å². The number of thiazole rings is 1. The predicted octanol–water partition coefficient (Wildman–Crippen LogP) is 4.90. The third kappa shape index (κ3) is 4.78. The largest absolute Gasteiger partial charge is 0.478 e. The van der Waals surface area contributed by atoms with E-state index >= 15 is 0 Å². The minimum atomic E-state index is -1.02. The zero-order valence-corrected chi connectivity index (χ0v) is 17.6. The predicted molar refractivity (Wildman–Crippen MR) is 121 cm³/mol. The van der Waals surface area contributed by atoms with Crippen molar-refractivity contribution < 1.29 is 14.6 Å². The first-order valence-corrected chi connectivity index (χ1v) is 10.1. The normalized spacial score (nSPS) is 10.5. The smallest absolute Gasteiger partial charge is 0.337 e. The highest BCUT2D eigenvalue weighted by Crippen LogP contribution is 2.41. The molecule has 0 spiro atoms. The zero-order valence-electron chi connectivity index (χ0n) is 16.8. The number of hydrogen-bond acceptors (Lipinski definition) is 8. The van der Waals surface area contributed by atoms with E-state index in [0.717, 1.165) is 16.4 Å². The van der Waals surface area contributed by atoms with Crippen molar-refractivity contribution >= 4 is 34.1 Å². The van der Waals surface area contributed by atoms with Crippen molar-refractivity contribution in [2.75, 3.05) is 24.3 Å². The van der Waals surface area contributed by atoms with Crippen LogP contribution in [-0.2, 0) is 0 Å². The maximum atomic E-state index is 11.0. The second kappa shape index (κ2) is 8.80. The van der Waals surface area contributed by atoms with Crippen LogP contribution in [0.4, 0.5) is 16.8 Å². The van der Waals surface area contributed by atoms with Crippen LogP contribution in [-0.4, -0.2) is 40.1 Å². The molecule has 0 amide bonds. The molecule has 0 aliphatic carbocycles. The molecular formula is C22H19N5O3S. The van der Waals surface area contributed by atoms with Crippen LogP contribution in [0.15, 0.2) is 67.0 Å². The van der Waals surface area contributed by atoms with Gasteiger partial charge in [-0.05, 0) is 18.2 Å². The number of aromatic carboxylic acids is 1. The fraction of sp³-hybridized carbons (Fsp3) is 0.0909. The Hall–Kier alpha value is -3.98. The molecule has 31 heavy (non-hydrogen) atoms. The van der Waals surface area contributed by atoms with Crippen LogP contribution in [0.5, 0.6) is 10.8 Å². The van der Waals surface area contributed by atoms with Gasteiger partial charge in [0.25, 0.3) is 0 Å². The van der Waals surface area contributed by atoms with Crippen molar-refractivity contribution in [2.24, 2.45) is 0 Å². The van der Waals surface area contributed by atoms with Gasteiger partial charge in [-0.25, -0.2) is 19.7 Å². The average Bonchev–Trinajstić information content (AvgIpc) is 3.19. The van der Waals surface area contributed by atoms with Crippen molar-refractivity contribution in [2.45, 2.75) is 0 Å². The molecule has 4 aromatic rings. The van der Waals surface area contributed by atoms with Crippen molar-refractivity contribution in [3.05, 3.63) is 72.6 Å². The fourth-order valence-corrected chi connectivity index (χ4v) is 3.59. The molecule has 0 saturated carbocycles. The summed E-state index contributed by atoms with van der Waals surface area (Å²) in [4.78, 5) is 26.0. The zero-order chi connectivity index (χ0) is 21.8. The van der Waals surface area contributed by atoms with E-state index in [2.05, 4.69) is 15.3 Å². The Labute approximate surface area is 182 Å². The van der Waals surface area contributed by atoms with E-state index in [1.54, 1.807) is 24.4 Å². The van der Waals surface area contributed by atoms with Gasteiger partial charge in [0.15, 0.2) is 5.13 Å². The summed E-state index contributed by atoms with van der Waals surface area (Å²) in [5, 5.41) is 13.6. The summed E-state index contributed by atoms with van der Waals surface area (Å²) < 4.78 is 6.17. The lowest BCUT2D eigenvalue weighted by molar-refractivity contribution is 0.0696. The third-order valence-corrected chi connectivity index (χ3v) is 5.32. The Kier molecular flexibility index (Phi) is 5.76. The first kappa shape index (κ1) is 20.3. The quantitative estimate of drug-likeness (QED) is 0.424. The van der Waals surface area contributed by atoms with E-state index in [1.807, 2.05) is 49.3 Å². The average molecular weight is 433 g/mol. The molecule has 0 unspecified atom stereocenters. The summed E-state index contributed by atoms with van der Waals surface area (Å²) in [7, 11) is 3.88. The number of carboxylic acids is 1. The van der Waals surface area contributed by atoms with Crippen molar-refractivity contribution in [3.8, 4) is 22.1 Å². The molecule has 0 fully saturated rings. The van der Waals surface area contributed by atoms with E-state index < -0.39 is 5.97 Å². The lowest BCUT2D eigenvalue weighted by atomic mass is 10.2. The van der Waals surface area contributed by atoms with Crippen molar-refractivity contribution in [1.82, 2.24) is 15.0 Å². The van der Waals surface area contributed by atoms with Gasteiger partial charge in [0.2, 0.25) is 5.06 Å². The molecule has 4 rings (SSSR count). The van der Waals surface area contributed by atoms with Crippen LogP contribution in [0.3, 0.4) is 0 Å². The van der Waals surface area contributed by atoms with Crippen LogP contribution in [0.2, 0.25) is 0 Å². The number of rotatable bonds is 7. The SMILES string of the molecule is CN(C)c1nc(-c2ccccc2)c(Oc2ccnc(Nc3ccc(C(=O)O)cn3)c2)s1. The monoisotopic (exact) mass is 433 g/mol. The molecule has 1 aromatic carbocycles. The summed E-state index contributed by atoms with van der Waals surface area (Å²) in [5.41, 5.74) is 1.86. The van der Waals surface area contributed by atoms with Gasteiger partial charge in [-0.15, -0.1) is 0 Å². The summed E-state index contributed by atoms with van der Waals surface area (Å²) in [6, 6.07) is 16.4. The Morgan fingerprint density at radius 1 is 1.06 bits per heavy atom. The number of anilines is 3. The van der Waals surface area contributed by atoms with Crippen LogP contribution in [0.25, 0.3) is 11.3 Å². The number of carboxylic acid groups (broad SMARTS) is 1. The van der Waals surface area contributed by atoms with Crippen molar-refractivity contribution in [3.63, 3.8) is 0 Å². The van der Waals surface area contributed by atoms with Gasteiger partial charge < -0.3 is 20.1 Å². The summed E-state index contributed by atoms with van der Waals surface area (Å²) in [6.07, 6.45) is 2.91. The topological polar surface area (TPSA) is 100 Å². The van der Waals surface area contributed by atoms with Crippen LogP contribution >= 0.6 is 11.3 Å². The van der Waals surface area contributed by atoms with Gasteiger partial charge >= 0.3 is 5.97 Å². The van der Waals surface area contributed by atoms with E-state index in [0.29, 0.717) is 22.4 Å². The van der Waals surface area contributed by atoms with E-state index in [4.69, 9.17) is 14.8 Å². The molecule has 0 aliphatic rings. The Bertz CT molecular complexity index is 1190. The minimum Gasteiger partial charge on any atom is -0.478 e. The Morgan fingerprint density at radius 3 is 2.55 bits per heavy atom. The summed E-state index contributed by atoms with van der Waals surface area (Å²) in [6.45, 7) is 0. The second-order valence-electron chi connectivity index (χ2n) is 6.73. The van der Waals surface area contributed by atoms with Gasteiger partial charge in [0.1, 0.15) is 23.1 Å². The van der Waals surface area contributed by atoms with Crippen LogP contribution < -0.4 is 15.0 Å². The number of carbonyl (C=O) groups is 1. The molecule has 8 nitrogen and oxygen atoms in total. The molecule has 3 aromatic heterocycles. The molecule has 0 atom stereocenters. The van der Waals surface area contributed by atoms with Gasteiger partial charge in [-0.2, -0.15) is 0 Å². The minimum absolute atomic E-state index is 0.117. The molecule has 3 heterocycles.